The number of nitrogens with one attached hydrogen (secondary N) is 1. The number of hydrogen-bond donors (Lipinski definition) is 1. The van der Waals surface area contributed by atoms with Crippen LogP contribution in [0, 0.1) is 6.92 Å². The molecule has 0 bridgehead atoms. The zero-order valence-electron chi connectivity index (χ0n) is 18.3. The molecule has 1 aliphatic rings. The van der Waals surface area contributed by atoms with Gasteiger partial charge in [0.15, 0.2) is 11.5 Å². The highest BCUT2D eigenvalue weighted by Crippen LogP contribution is 2.32. The van der Waals surface area contributed by atoms with E-state index in [4.69, 9.17) is 9.47 Å². The molecule has 32 heavy (non-hydrogen) atoms. The summed E-state index contributed by atoms with van der Waals surface area (Å²) in [5, 5.41) is 2.85. The Morgan fingerprint density at radius 3 is 2.66 bits per heavy atom. The van der Waals surface area contributed by atoms with E-state index in [1.54, 1.807) is 36.4 Å². The molecule has 1 aromatic heterocycles. The third-order valence-corrected chi connectivity index (χ3v) is 5.37. The lowest BCUT2D eigenvalue weighted by molar-refractivity contribution is -0.118. The summed E-state index contributed by atoms with van der Waals surface area (Å²) in [5.74, 6) is 1.45. The molecule has 1 N–H and O–H groups in total. The number of rotatable bonds is 6. The van der Waals surface area contributed by atoms with Crippen molar-refractivity contribution in [3.05, 3.63) is 71.4 Å². The molecule has 0 unspecified atom stereocenters. The molecule has 4 rings (SSSR count). The topological polar surface area (TPSA) is 80.8 Å². The van der Waals surface area contributed by atoms with E-state index >= 15 is 0 Å². The van der Waals surface area contributed by atoms with Gasteiger partial charge >= 0.3 is 0 Å². The Kier molecular flexibility index (Phi) is 6.07. The maximum absolute atomic E-state index is 12.7. The lowest BCUT2D eigenvalue weighted by atomic mass is 10.1. The second-order valence-corrected chi connectivity index (χ2v) is 7.59. The number of aromatic nitrogens is 1. The Balaban J connectivity index is 1.43. The molecule has 2 amide bonds. The van der Waals surface area contributed by atoms with Crippen LogP contribution in [0.1, 0.15) is 34.8 Å². The van der Waals surface area contributed by atoms with Crippen LogP contribution < -0.4 is 19.7 Å². The average molecular weight is 431 g/mol. The van der Waals surface area contributed by atoms with Crippen molar-refractivity contribution in [3.63, 3.8) is 0 Å². The van der Waals surface area contributed by atoms with E-state index in [0.717, 1.165) is 23.2 Å². The second-order valence-electron chi connectivity index (χ2n) is 7.59. The van der Waals surface area contributed by atoms with Gasteiger partial charge in [0.05, 0.1) is 19.0 Å². The number of benzene rings is 2. The summed E-state index contributed by atoms with van der Waals surface area (Å²) in [6.45, 7) is 4.48. The van der Waals surface area contributed by atoms with Gasteiger partial charge in [-0.15, -0.1) is 0 Å². The minimum Gasteiger partial charge on any atom is -0.493 e. The van der Waals surface area contributed by atoms with Crippen molar-refractivity contribution in [2.75, 3.05) is 23.9 Å². The van der Waals surface area contributed by atoms with Crippen LogP contribution in [-0.2, 0) is 11.2 Å². The summed E-state index contributed by atoms with van der Waals surface area (Å²) in [6, 6.07) is 14.5. The molecule has 0 fully saturated rings. The Hall–Kier alpha value is -3.87. The summed E-state index contributed by atoms with van der Waals surface area (Å²) >= 11 is 0. The van der Waals surface area contributed by atoms with E-state index in [9.17, 15) is 9.59 Å². The molecular weight excluding hydrogens is 406 g/mol. The molecule has 0 aliphatic carbocycles. The molecule has 0 saturated carbocycles. The smallest absolute Gasteiger partial charge is 0.255 e. The first-order valence-corrected chi connectivity index (χ1v) is 10.5. The molecule has 164 valence electrons. The summed E-state index contributed by atoms with van der Waals surface area (Å²) in [5.41, 5.74) is 4.06. The van der Waals surface area contributed by atoms with Gasteiger partial charge in [0.25, 0.3) is 5.91 Å². The van der Waals surface area contributed by atoms with Crippen molar-refractivity contribution in [3.8, 4) is 17.4 Å². The van der Waals surface area contributed by atoms with Crippen molar-refractivity contribution >= 4 is 23.2 Å². The first-order valence-electron chi connectivity index (χ1n) is 10.5. The van der Waals surface area contributed by atoms with E-state index in [-0.39, 0.29) is 11.8 Å². The maximum Gasteiger partial charge on any atom is 0.255 e. The van der Waals surface area contributed by atoms with Gasteiger partial charge in [-0.2, -0.15) is 0 Å². The van der Waals surface area contributed by atoms with Crippen molar-refractivity contribution in [1.82, 2.24) is 4.98 Å². The number of carbonyl (C=O) groups is 2. The number of hydrogen-bond acceptors (Lipinski definition) is 5. The summed E-state index contributed by atoms with van der Waals surface area (Å²) in [7, 11) is 1.59. The van der Waals surface area contributed by atoms with Crippen LogP contribution in [0.15, 0.2) is 54.7 Å². The number of anilines is 2. The minimum absolute atomic E-state index is 0.0950. The number of amides is 2. The number of nitrogens with zero attached hydrogens (tertiary/aromatic N) is 2. The van der Waals surface area contributed by atoms with Crippen LogP contribution in [0.3, 0.4) is 0 Å². The average Bonchev–Trinajstić information content (AvgIpc) is 3.24. The van der Waals surface area contributed by atoms with Crippen LogP contribution in [0.2, 0.25) is 0 Å². The van der Waals surface area contributed by atoms with Gasteiger partial charge in [-0.05, 0) is 60.9 Å². The molecule has 0 atom stereocenters. The number of fused-ring (bicyclic) bond motifs is 1. The predicted molar refractivity (Wildman–Crippen MR) is 123 cm³/mol. The Morgan fingerprint density at radius 2 is 1.94 bits per heavy atom. The van der Waals surface area contributed by atoms with Crippen LogP contribution in [0.25, 0.3) is 0 Å². The van der Waals surface area contributed by atoms with Crippen LogP contribution in [0.5, 0.6) is 17.4 Å². The Morgan fingerprint density at radius 1 is 1.09 bits per heavy atom. The third kappa shape index (κ3) is 4.42. The molecular formula is C25H25N3O4. The highest BCUT2D eigenvalue weighted by molar-refractivity contribution is 6.05. The van der Waals surface area contributed by atoms with E-state index in [2.05, 4.69) is 10.3 Å². The van der Waals surface area contributed by atoms with Crippen molar-refractivity contribution in [2.45, 2.75) is 26.7 Å². The van der Waals surface area contributed by atoms with Crippen LogP contribution >= 0.6 is 0 Å². The third-order valence-electron chi connectivity index (χ3n) is 5.37. The fourth-order valence-corrected chi connectivity index (χ4v) is 3.68. The first-order chi connectivity index (χ1) is 15.5. The predicted octanol–water partition coefficient (Wildman–Crippen LogP) is 4.74. The van der Waals surface area contributed by atoms with Gasteiger partial charge in [0, 0.05) is 30.3 Å². The number of pyridine rings is 1. The molecule has 2 heterocycles. The number of carbonyl (C=O) groups excluding carboxylic acids is 2. The largest absolute Gasteiger partial charge is 0.493 e. The molecule has 1 aliphatic heterocycles. The molecule has 0 spiro atoms. The zero-order valence-corrected chi connectivity index (χ0v) is 18.3. The summed E-state index contributed by atoms with van der Waals surface area (Å²) in [4.78, 5) is 30.8. The van der Waals surface area contributed by atoms with Crippen molar-refractivity contribution in [2.24, 2.45) is 0 Å². The lowest BCUT2D eigenvalue weighted by Crippen LogP contribution is -2.27. The van der Waals surface area contributed by atoms with Gasteiger partial charge in [-0.25, -0.2) is 4.98 Å². The summed E-state index contributed by atoms with van der Waals surface area (Å²) < 4.78 is 11.2. The van der Waals surface area contributed by atoms with Gasteiger partial charge in [0.2, 0.25) is 11.8 Å². The van der Waals surface area contributed by atoms with Crippen molar-refractivity contribution in [1.29, 1.82) is 0 Å². The quantitative estimate of drug-likeness (QED) is 0.610. The van der Waals surface area contributed by atoms with Gasteiger partial charge in [-0.1, -0.05) is 13.0 Å². The Labute approximate surface area is 187 Å². The van der Waals surface area contributed by atoms with Gasteiger partial charge in [0.1, 0.15) is 0 Å². The molecule has 2 aromatic carbocycles. The van der Waals surface area contributed by atoms with E-state index in [1.807, 2.05) is 44.2 Å². The highest BCUT2D eigenvalue weighted by Gasteiger charge is 2.24. The van der Waals surface area contributed by atoms with E-state index < -0.39 is 0 Å². The SMILES string of the molecule is CCC(=O)N1CCc2cc(C(=O)Nc3ccc(Oc4ccc(C)cc4OC)nc3)ccc21. The van der Waals surface area contributed by atoms with Crippen molar-refractivity contribution < 1.29 is 19.1 Å². The molecule has 3 aromatic rings. The second kappa shape index (κ2) is 9.09. The monoisotopic (exact) mass is 431 g/mol. The van der Waals surface area contributed by atoms with Crippen LogP contribution in [-0.4, -0.2) is 30.5 Å². The standard InChI is InChI=1S/C25H25N3O4/c1-4-24(29)28-12-11-17-14-18(6-8-20(17)28)25(30)27-19-7-10-23(26-15-19)32-21-9-5-16(2)13-22(21)31-3/h5-10,13-15H,4,11-12H2,1-3H3,(H,27,30). The number of aryl methyl sites for hydroxylation is 1. The maximum atomic E-state index is 12.7. The number of ether oxygens (including phenoxy) is 2. The van der Waals surface area contributed by atoms with Gasteiger partial charge in [-0.3, -0.25) is 9.59 Å². The molecule has 7 heteroatoms. The zero-order chi connectivity index (χ0) is 22.7. The van der Waals surface area contributed by atoms with E-state index in [1.165, 1.54) is 0 Å². The molecule has 0 saturated heterocycles. The number of methoxy groups -OCH3 is 1. The molecule has 0 radical (unpaired) electrons. The van der Waals surface area contributed by atoms with Gasteiger partial charge < -0.3 is 19.7 Å². The summed E-state index contributed by atoms with van der Waals surface area (Å²) in [6.07, 6.45) is 2.76. The fourth-order valence-electron chi connectivity index (χ4n) is 3.68. The Bertz CT molecular complexity index is 1160. The first kappa shape index (κ1) is 21.4. The normalized spacial score (nSPS) is 12.3. The highest BCUT2D eigenvalue weighted by atomic mass is 16.5. The minimum atomic E-state index is -0.233. The van der Waals surface area contributed by atoms with E-state index in [0.29, 0.717) is 41.6 Å². The lowest BCUT2D eigenvalue weighted by Gasteiger charge is -2.16. The van der Waals surface area contributed by atoms with Crippen LogP contribution in [0.4, 0.5) is 11.4 Å². The molecule has 7 nitrogen and oxygen atoms in total. The fraction of sp³-hybridized carbons (Fsp3) is 0.240.